The van der Waals surface area contributed by atoms with Crippen molar-refractivity contribution in [2.24, 2.45) is 0 Å². The first-order valence-corrected chi connectivity index (χ1v) is 5.71. The standard InChI is InChI=1S/C12H17N3/c1-8-3-4-10-5-11-7-13-6-9(2)15(11)12(10)14-8/h3-4,9,11,13H,5-7H2,1-2H3/t9-,11?/m1/s1. The largest absolute Gasteiger partial charge is 0.348 e. The molecule has 0 saturated carbocycles. The zero-order valence-corrected chi connectivity index (χ0v) is 9.33. The zero-order valence-electron chi connectivity index (χ0n) is 9.33. The summed E-state index contributed by atoms with van der Waals surface area (Å²) in [5.41, 5.74) is 2.54. The molecular formula is C12H17N3. The minimum atomic E-state index is 0.569. The second-order valence-electron chi connectivity index (χ2n) is 4.71. The Labute approximate surface area is 90.5 Å². The summed E-state index contributed by atoms with van der Waals surface area (Å²) in [6.07, 6.45) is 1.15. The van der Waals surface area contributed by atoms with Gasteiger partial charge in [0.15, 0.2) is 0 Å². The summed E-state index contributed by atoms with van der Waals surface area (Å²) in [5.74, 6) is 1.23. The Hall–Kier alpha value is -1.09. The fourth-order valence-electron chi connectivity index (χ4n) is 2.78. The van der Waals surface area contributed by atoms with Crippen LogP contribution in [-0.4, -0.2) is 30.2 Å². The molecule has 3 heterocycles. The monoisotopic (exact) mass is 203 g/mol. The van der Waals surface area contributed by atoms with Crippen LogP contribution < -0.4 is 10.2 Å². The lowest BCUT2D eigenvalue weighted by Crippen LogP contribution is -2.55. The molecular weight excluding hydrogens is 186 g/mol. The number of aromatic nitrogens is 1. The van der Waals surface area contributed by atoms with Crippen LogP contribution in [0.2, 0.25) is 0 Å². The van der Waals surface area contributed by atoms with Crippen molar-refractivity contribution >= 4 is 5.82 Å². The van der Waals surface area contributed by atoms with E-state index in [1.807, 2.05) is 0 Å². The van der Waals surface area contributed by atoms with E-state index in [4.69, 9.17) is 0 Å². The lowest BCUT2D eigenvalue weighted by Gasteiger charge is -2.37. The fraction of sp³-hybridized carbons (Fsp3) is 0.583. The van der Waals surface area contributed by atoms with Crippen molar-refractivity contribution in [1.82, 2.24) is 10.3 Å². The highest BCUT2D eigenvalue weighted by Crippen LogP contribution is 2.33. The highest BCUT2D eigenvalue weighted by Gasteiger charge is 2.35. The minimum absolute atomic E-state index is 0.569. The first-order chi connectivity index (χ1) is 7.25. The van der Waals surface area contributed by atoms with Gasteiger partial charge in [-0.1, -0.05) is 6.07 Å². The van der Waals surface area contributed by atoms with Gasteiger partial charge in [0.1, 0.15) is 5.82 Å². The summed E-state index contributed by atoms with van der Waals surface area (Å²) in [7, 11) is 0. The van der Waals surface area contributed by atoms with Gasteiger partial charge in [0, 0.05) is 30.9 Å². The molecule has 15 heavy (non-hydrogen) atoms. The van der Waals surface area contributed by atoms with E-state index in [1.165, 1.54) is 11.4 Å². The Morgan fingerprint density at radius 1 is 1.40 bits per heavy atom. The molecule has 2 aliphatic rings. The highest BCUT2D eigenvalue weighted by molar-refractivity contribution is 5.56. The molecule has 2 atom stereocenters. The topological polar surface area (TPSA) is 28.2 Å². The Bertz CT molecular complexity index is 388. The van der Waals surface area contributed by atoms with Crippen LogP contribution in [0.4, 0.5) is 5.82 Å². The van der Waals surface area contributed by atoms with E-state index < -0.39 is 0 Å². The molecule has 80 valence electrons. The number of hydrogen-bond acceptors (Lipinski definition) is 3. The summed E-state index contributed by atoms with van der Waals surface area (Å²) in [4.78, 5) is 7.19. The molecule has 3 rings (SSSR count). The number of hydrogen-bond donors (Lipinski definition) is 1. The van der Waals surface area contributed by atoms with Crippen molar-refractivity contribution in [1.29, 1.82) is 0 Å². The van der Waals surface area contributed by atoms with Crippen LogP contribution in [0, 0.1) is 6.92 Å². The Morgan fingerprint density at radius 2 is 2.27 bits per heavy atom. The molecule has 3 heteroatoms. The lowest BCUT2D eigenvalue weighted by molar-refractivity contribution is 0.427. The molecule has 1 N–H and O–H groups in total. The van der Waals surface area contributed by atoms with Crippen molar-refractivity contribution in [2.45, 2.75) is 32.4 Å². The first-order valence-electron chi connectivity index (χ1n) is 5.71. The van der Waals surface area contributed by atoms with Crippen LogP contribution in [-0.2, 0) is 6.42 Å². The van der Waals surface area contributed by atoms with E-state index in [0.717, 1.165) is 25.2 Å². The van der Waals surface area contributed by atoms with Gasteiger partial charge in [-0.3, -0.25) is 0 Å². The third kappa shape index (κ3) is 1.34. The van der Waals surface area contributed by atoms with Crippen LogP contribution in [0.1, 0.15) is 18.2 Å². The zero-order chi connectivity index (χ0) is 10.4. The highest BCUT2D eigenvalue weighted by atomic mass is 15.3. The molecule has 2 aliphatic heterocycles. The molecule has 0 amide bonds. The average Bonchev–Trinajstić information content (AvgIpc) is 2.57. The molecule has 0 aliphatic carbocycles. The van der Waals surface area contributed by atoms with Gasteiger partial charge in [0.2, 0.25) is 0 Å². The lowest BCUT2D eigenvalue weighted by atomic mass is 10.1. The molecule has 0 spiro atoms. The van der Waals surface area contributed by atoms with Crippen molar-refractivity contribution < 1.29 is 0 Å². The Balaban J connectivity index is 2.04. The van der Waals surface area contributed by atoms with Gasteiger partial charge in [-0.15, -0.1) is 0 Å². The number of nitrogens with one attached hydrogen (secondary N) is 1. The number of pyridine rings is 1. The predicted molar refractivity (Wildman–Crippen MR) is 61.3 cm³/mol. The van der Waals surface area contributed by atoms with Crippen LogP contribution in [0.15, 0.2) is 12.1 Å². The van der Waals surface area contributed by atoms with Crippen LogP contribution >= 0.6 is 0 Å². The average molecular weight is 203 g/mol. The summed E-state index contributed by atoms with van der Waals surface area (Å²) in [6.45, 7) is 6.52. The molecule has 0 aromatic carbocycles. The van der Waals surface area contributed by atoms with Gasteiger partial charge in [-0.2, -0.15) is 0 Å². The van der Waals surface area contributed by atoms with Crippen LogP contribution in [0.5, 0.6) is 0 Å². The van der Waals surface area contributed by atoms with Crippen LogP contribution in [0.3, 0.4) is 0 Å². The fourth-order valence-corrected chi connectivity index (χ4v) is 2.78. The second-order valence-corrected chi connectivity index (χ2v) is 4.71. The third-order valence-electron chi connectivity index (χ3n) is 3.48. The smallest absolute Gasteiger partial charge is 0.132 e. The summed E-state index contributed by atoms with van der Waals surface area (Å²) in [6, 6.07) is 5.55. The van der Waals surface area contributed by atoms with Crippen LogP contribution in [0.25, 0.3) is 0 Å². The normalized spacial score (nSPS) is 28.8. The number of rotatable bonds is 0. The maximum Gasteiger partial charge on any atom is 0.132 e. The molecule has 1 unspecified atom stereocenters. The Kier molecular flexibility index (Phi) is 1.96. The van der Waals surface area contributed by atoms with E-state index in [-0.39, 0.29) is 0 Å². The maximum atomic E-state index is 4.69. The van der Waals surface area contributed by atoms with E-state index in [1.54, 1.807) is 0 Å². The van der Waals surface area contributed by atoms with E-state index in [9.17, 15) is 0 Å². The minimum Gasteiger partial charge on any atom is -0.348 e. The molecule has 0 radical (unpaired) electrons. The van der Waals surface area contributed by atoms with Gasteiger partial charge in [0.25, 0.3) is 0 Å². The summed E-state index contributed by atoms with van der Waals surface area (Å²) < 4.78 is 0. The molecule has 1 fully saturated rings. The van der Waals surface area contributed by atoms with Gasteiger partial charge < -0.3 is 10.2 Å². The van der Waals surface area contributed by atoms with E-state index >= 15 is 0 Å². The van der Waals surface area contributed by atoms with Crippen molar-refractivity contribution in [3.63, 3.8) is 0 Å². The number of nitrogens with zero attached hydrogens (tertiary/aromatic N) is 2. The van der Waals surface area contributed by atoms with Crippen molar-refractivity contribution in [3.8, 4) is 0 Å². The molecule has 1 aromatic heterocycles. The third-order valence-corrected chi connectivity index (χ3v) is 3.48. The number of piperazine rings is 1. The quantitative estimate of drug-likeness (QED) is 0.684. The molecule has 0 bridgehead atoms. The van der Waals surface area contributed by atoms with Crippen molar-refractivity contribution in [2.75, 3.05) is 18.0 Å². The summed E-state index contributed by atoms with van der Waals surface area (Å²) >= 11 is 0. The van der Waals surface area contributed by atoms with Gasteiger partial charge in [0.05, 0.1) is 0 Å². The second kappa shape index (κ2) is 3.20. The Morgan fingerprint density at radius 3 is 3.13 bits per heavy atom. The summed E-state index contributed by atoms with van der Waals surface area (Å²) in [5, 5.41) is 3.49. The van der Waals surface area contributed by atoms with E-state index in [0.29, 0.717) is 12.1 Å². The molecule has 3 nitrogen and oxygen atoms in total. The predicted octanol–water partition coefficient (Wildman–Crippen LogP) is 1.11. The number of fused-ring (bicyclic) bond motifs is 3. The van der Waals surface area contributed by atoms with Gasteiger partial charge >= 0.3 is 0 Å². The molecule has 1 aromatic rings. The SMILES string of the molecule is Cc1ccc2c(n1)N1C(CNC[C@H]1C)C2. The number of anilines is 1. The first kappa shape index (κ1) is 9.16. The van der Waals surface area contributed by atoms with E-state index in [2.05, 4.69) is 41.2 Å². The van der Waals surface area contributed by atoms with Gasteiger partial charge in [-0.25, -0.2) is 4.98 Å². The number of aryl methyl sites for hydroxylation is 1. The van der Waals surface area contributed by atoms with Crippen molar-refractivity contribution in [3.05, 3.63) is 23.4 Å². The maximum absolute atomic E-state index is 4.69. The van der Waals surface area contributed by atoms with Gasteiger partial charge in [-0.05, 0) is 31.9 Å². The molecule has 1 saturated heterocycles.